The van der Waals surface area contributed by atoms with E-state index in [0.717, 1.165) is 0 Å². The van der Waals surface area contributed by atoms with Crippen molar-refractivity contribution in [1.82, 2.24) is 5.32 Å². The maximum Gasteiger partial charge on any atom is 0.310 e. The Balaban J connectivity index is 2.26. The SMILES string of the molecule is BC(B)N[C@@](B)(C)C(=O)c1ccc2c(c1)OC(B)(O)O2. The van der Waals surface area contributed by atoms with Crippen molar-refractivity contribution < 1.29 is 19.4 Å². The normalized spacial score (nSPS) is 23.6. The largest absolute Gasteiger partial charge is 0.435 e. The molecule has 0 saturated carbocycles. The quantitative estimate of drug-likeness (QED) is 0.437. The second kappa shape index (κ2) is 4.90. The summed E-state index contributed by atoms with van der Waals surface area (Å²) in [6, 6.07) is 4.91. The number of hydrogen-bond donors (Lipinski definition) is 2. The first kappa shape index (κ1) is 15.1. The Bertz CT molecular complexity index is 547. The number of carbonyl (C=O) groups excluding carboxylic acids is 1. The van der Waals surface area contributed by atoms with Gasteiger partial charge < -0.3 is 19.9 Å². The van der Waals surface area contributed by atoms with Crippen molar-refractivity contribution in [1.29, 1.82) is 0 Å². The van der Waals surface area contributed by atoms with E-state index in [2.05, 4.69) is 5.32 Å². The summed E-state index contributed by atoms with van der Waals surface area (Å²) in [5.74, 6) is -0.703. The molecule has 9 heteroatoms. The summed E-state index contributed by atoms with van der Waals surface area (Å²) < 4.78 is 10.4. The molecule has 0 spiro atoms. The fourth-order valence-electron chi connectivity index (χ4n) is 2.39. The molecular formula is C11H17B4NO4. The Hall–Kier alpha value is -1.33. The fourth-order valence-corrected chi connectivity index (χ4v) is 2.39. The zero-order chi connectivity index (χ0) is 15.1. The Labute approximate surface area is 122 Å². The van der Waals surface area contributed by atoms with Crippen LogP contribution in [0.25, 0.3) is 0 Å². The molecule has 1 unspecified atom stereocenters. The summed E-state index contributed by atoms with van der Waals surface area (Å²) in [7, 11) is 7.23. The van der Waals surface area contributed by atoms with Gasteiger partial charge in [-0.1, -0.05) is 5.84 Å². The van der Waals surface area contributed by atoms with E-state index < -0.39 is 11.3 Å². The molecule has 2 atom stereocenters. The monoisotopic (exact) mass is 271 g/mol. The highest BCUT2D eigenvalue weighted by Gasteiger charge is 2.35. The van der Waals surface area contributed by atoms with Crippen molar-refractivity contribution in [2.24, 2.45) is 0 Å². The third kappa shape index (κ3) is 3.04. The van der Waals surface area contributed by atoms with Crippen molar-refractivity contribution in [2.75, 3.05) is 0 Å². The van der Waals surface area contributed by atoms with Gasteiger partial charge >= 0.3 is 5.87 Å². The van der Waals surface area contributed by atoms with Crippen LogP contribution in [-0.4, -0.2) is 59.4 Å². The molecule has 0 radical (unpaired) electrons. The first-order chi connectivity index (χ1) is 9.11. The lowest BCUT2D eigenvalue weighted by Crippen LogP contribution is -2.54. The van der Waals surface area contributed by atoms with Crippen LogP contribution in [0.2, 0.25) is 0 Å². The van der Waals surface area contributed by atoms with Crippen LogP contribution in [0.4, 0.5) is 0 Å². The Kier molecular flexibility index (Phi) is 3.69. The zero-order valence-corrected chi connectivity index (χ0v) is 12.5. The van der Waals surface area contributed by atoms with Gasteiger partial charge in [0.1, 0.15) is 23.5 Å². The summed E-state index contributed by atoms with van der Waals surface area (Å²) >= 11 is 0. The molecule has 1 heterocycles. The van der Waals surface area contributed by atoms with Gasteiger partial charge in [0.2, 0.25) is 0 Å². The highest BCUT2D eigenvalue weighted by atomic mass is 16.8. The second-order valence-corrected chi connectivity index (χ2v) is 6.02. The lowest BCUT2D eigenvalue weighted by atomic mass is 9.69. The van der Waals surface area contributed by atoms with Crippen LogP contribution in [0.15, 0.2) is 18.2 Å². The zero-order valence-electron chi connectivity index (χ0n) is 12.5. The predicted octanol–water partition coefficient (Wildman–Crippen LogP) is -3.63. The van der Waals surface area contributed by atoms with E-state index in [-0.39, 0.29) is 11.6 Å². The number of Topliss-reactive ketones (excluding diaryl/α,β-unsaturated/α-hetero) is 1. The number of hydrogen-bond acceptors (Lipinski definition) is 5. The Morgan fingerprint density at radius 3 is 2.60 bits per heavy atom. The third-order valence-corrected chi connectivity index (χ3v) is 3.02. The number of rotatable bonds is 4. The minimum atomic E-state index is -1.67. The van der Waals surface area contributed by atoms with Gasteiger partial charge in [0.05, 0.1) is 0 Å². The fraction of sp³-hybridized carbons (Fsp3) is 0.364. The summed E-state index contributed by atoms with van der Waals surface area (Å²) in [5.41, 5.74) is -0.159. The smallest absolute Gasteiger partial charge is 0.310 e. The number of carbonyl (C=O) groups is 1. The van der Waals surface area contributed by atoms with E-state index in [9.17, 15) is 9.90 Å². The molecular weight excluding hydrogens is 253 g/mol. The van der Waals surface area contributed by atoms with Gasteiger partial charge in [-0.3, -0.25) is 4.79 Å². The number of benzene rings is 1. The molecule has 0 fully saturated rings. The van der Waals surface area contributed by atoms with Crippen LogP contribution < -0.4 is 14.8 Å². The van der Waals surface area contributed by atoms with Gasteiger partial charge in [0.25, 0.3) is 7.85 Å². The molecule has 0 aliphatic carbocycles. The van der Waals surface area contributed by atoms with Crippen LogP contribution in [0.5, 0.6) is 11.5 Å². The maximum absolute atomic E-state index is 12.5. The molecule has 0 amide bonds. The number of nitrogens with one attached hydrogen (secondary N) is 1. The van der Waals surface area contributed by atoms with Crippen LogP contribution >= 0.6 is 0 Å². The molecule has 1 aliphatic rings. The van der Waals surface area contributed by atoms with E-state index >= 15 is 0 Å². The summed E-state index contributed by atoms with van der Waals surface area (Å²) in [5, 5.41) is 12.9. The Morgan fingerprint density at radius 1 is 1.40 bits per heavy atom. The number of fused-ring (bicyclic) bond motifs is 1. The van der Waals surface area contributed by atoms with Crippen LogP contribution in [0.1, 0.15) is 17.3 Å². The van der Waals surface area contributed by atoms with E-state index in [1.165, 1.54) is 7.85 Å². The molecule has 1 aromatic carbocycles. The van der Waals surface area contributed by atoms with E-state index in [1.54, 1.807) is 18.2 Å². The second-order valence-electron chi connectivity index (χ2n) is 6.02. The van der Waals surface area contributed by atoms with Crippen LogP contribution in [-0.2, 0) is 0 Å². The molecule has 5 nitrogen and oxygen atoms in total. The van der Waals surface area contributed by atoms with Gasteiger partial charge in [0, 0.05) is 11.0 Å². The Morgan fingerprint density at radius 2 is 2.00 bits per heavy atom. The lowest BCUT2D eigenvalue weighted by Gasteiger charge is -2.28. The van der Waals surface area contributed by atoms with Gasteiger partial charge in [-0.05, 0) is 25.1 Å². The van der Waals surface area contributed by atoms with Crippen molar-refractivity contribution >= 4 is 37.2 Å². The maximum atomic E-state index is 12.5. The predicted molar refractivity (Wildman–Crippen MR) is 86.5 cm³/mol. The highest BCUT2D eigenvalue weighted by Crippen LogP contribution is 2.38. The van der Waals surface area contributed by atoms with E-state index in [1.807, 2.05) is 30.5 Å². The van der Waals surface area contributed by atoms with Gasteiger partial charge in [-0.25, -0.2) is 0 Å². The molecule has 20 heavy (non-hydrogen) atoms. The van der Waals surface area contributed by atoms with Crippen LogP contribution in [0.3, 0.4) is 0 Å². The first-order valence-electron chi connectivity index (χ1n) is 6.68. The van der Waals surface area contributed by atoms with E-state index in [0.29, 0.717) is 17.1 Å². The van der Waals surface area contributed by atoms with Crippen LogP contribution in [0, 0.1) is 0 Å². The average molecular weight is 271 g/mol. The van der Waals surface area contributed by atoms with Crippen molar-refractivity contribution in [3.63, 3.8) is 0 Å². The van der Waals surface area contributed by atoms with Crippen molar-refractivity contribution in [2.45, 2.75) is 24.1 Å². The number of ketones is 1. The summed E-state index contributed by atoms with van der Waals surface area (Å²) in [6.07, 6.45) is 0. The van der Waals surface area contributed by atoms with Gasteiger partial charge in [-0.15, -0.1) is 0 Å². The molecule has 2 rings (SSSR count). The molecule has 102 valence electrons. The standard InChI is InChI=1S/C11H17B4NO4/c1-10(14,16-9(12)13)8(17)5-2-3-6-7(4-5)20-11(15,18)19-6/h2-4,9,16,18H,12-15H2,1H3/t10-,11?/m0/s1. The summed E-state index contributed by atoms with van der Waals surface area (Å²) in [4.78, 5) is 12.5. The minimum Gasteiger partial charge on any atom is -0.435 e. The first-order valence-corrected chi connectivity index (χ1v) is 6.68. The number of ether oxygens (including phenoxy) is 2. The molecule has 2 N–H and O–H groups in total. The average Bonchev–Trinajstić information content (AvgIpc) is 2.58. The topological polar surface area (TPSA) is 67.8 Å². The molecule has 0 saturated heterocycles. The van der Waals surface area contributed by atoms with Gasteiger partial charge in [-0.2, -0.15) is 0 Å². The van der Waals surface area contributed by atoms with Gasteiger partial charge in [0.15, 0.2) is 17.3 Å². The summed E-state index contributed by atoms with van der Waals surface area (Å²) in [6.45, 7) is 1.84. The lowest BCUT2D eigenvalue weighted by molar-refractivity contribution is -0.178. The van der Waals surface area contributed by atoms with E-state index in [4.69, 9.17) is 9.47 Å². The minimum absolute atomic E-state index is 0.0378. The third-order valence-electron chi connectivity index (χ3n) is 3.02. The van der Waals surface area contributed by atoms with Crippen molar-refractivity contribution in [3.05, 3.63) is 23.8 Å². The molecule has 0 aromatic heterocycles. The molecule has 0 bridgehead atoms. The molecule has 1 aromatic rings. The molecule has 1 aliphatic heterocycles. The highest BCUT2D eigenvalue weighted by molar-refractivity contribution is 6.38. The van der Waals surface area contributed by atoms with Crippen molar-refractivity contribution in [3.8, 4) is 11.5 Å². The number of aliphatic hydroxyl groups is 1.